The second-order valence-corrected chi connectivity index (χ2v) is 6.95. The van der Waals surface area contributed by atoms with Gasteiger partial charge in [-0.3, -0.25) is 10.1 Å². The molecule has 1 aliphatic rings. The third-order valence-electron chi connectivity index (χ3n) is 4.14. The summed E-state index contributed by atoms with van der Waals surface area (Å²) in [7, 11) is 1.83. The quantitative estimate of drug-likeness (QED) is 0.851. The van der Waals surface area contributed by atoms with Crippen LogP contribution in [-0.2, 0) is 18.3 Å². The first kappa shape index (κ1) is 16.1. The number of piperidine rings is 1. The number of aromatic nitrogens is 3. The topological polar surface area (TPSA) is 71.8 Å². The molecule has 0 saturated carbocycles. The average molecular weight is 333 g/mol. The lowest BCUT2D eigenvalue weighted by Crippen LogP contribution is -2.27. The Bertz CT molecular complexity index is 631. The van der Waals surface area contributed by atoms with Crippen molar-refractivity contribution in [3.8, 4) is 0 Å². The molecule has 7 heteroatoms. The maximum absolute atomic E-state index is 12.1. The van der Waals surface area contributed by atoms with Gasteiger partial charge in [-0.2, -0.15) is 10.1 Å². The number of thiophene rings is 1. The molecule has 0 aliphatic carbocycles. The van der Waals surface area contributed by atoms with E-state index in [9.17, 15) is 4.79 Å². The fourth-order valence-corrected chi connectivity index (χ4v) is 3.58. The number of nitrogens with one attached hydrogen (secondary N) is 2. The minimum absolute atomic E-state index is 0.00826. The van der Waals surface area contributed by atoms with Gasteiger partial charge in [-0.15, -0.1) is 11.3 Å². The molecule has 2 aromatic rings. The fourth-order valence-electron chi connectivity index (χ4n) is 2.83. The molecule has 3 heterocycles. The zero-order valence-corrected chi connectivity index (χ0v) is 14.2. The summed E-state index contributed by atoms with van der Waals surface area (Å²) in [5.74, 6) is 1.81. The zero-order valence-electron chi connectivity index (χ0n) is 13.4. The molecule has 0 spiro atoms. The smallest absolute Gasteiger partial charge is 0.227 e. The third kappa shape index (κ3) is 4.39. The first-order valence-electron chi connectivity index (χ1n) is 8.16. The summed E-state index contributed by atoms with van der Waals surface area (Å²) in [5.41, 5.74) is 0. The molecule has 0 bridgehead atoms. The predicted octanol–water partition coefficient (Wildman–Crippen LogP) is 2.30. The maximum atomic E-state index is 12.1. The van der Waals surface area contributed by atoms with Gasteiger partial charge < -0.3 is 5.32 Å². The number of hydrogen-bond donors (Lipinski definition) is 2. The molecule has 23 heavy (non-hydrogen) atoms. The van der Waals surface area contributed by atoms with Gasteiger partial charge in [0.1, 0.15) is 0 Å². The summed E-state index contributed by atoms with van der Waals surface area (Å²) in [6.45, 7) is 2.01. The molecule has 0 atom stereocenters. The van der Waals surface area contributed by atoms with E-state index in [0.717, 1.165) is 44.6 Å². The lowest BCUT2D eigenvalue weighted by Gasteiger charge is -2.19. The van der Waals surface area contributed by atoms with Crippen LogP contribution in [0.25, 0.3) is 0 Å². The predicted molar refractivity (Wildman–Crippen MR) is 91.7 cm³/mol. The molecule has 2 aromatic heterocycles. The van der Waals surface area contributed by atoms with Gasteiger partial charge in [-0.05, 0) is 50.2 Å². The number of amides is 1. The molecule has 1 aliphatic heterocycles. The molecule has 0 radical (unpaired) electrons. The SMILES string of the molecule is Cn1nc(C2CCNCC2)nc1NC(=O)CCCc1cccs1. The van der Waals surface area contributed by atoms with Gasteiger partial charge in [-0.1, -0.05) is 6.07 Å². The summed E-state index contributed by atoms with van der Waals surface area (Å²) in [6.07, 6.45) is 4.42. The highest BCUT2D eigenvalue weighted by Gasteiger charge is 2.21. The van der Waals surface area contributed by atoms with Crippen molar-refractivity contribution in [3.63, 3.8) is 0 Å². The van der Waals surface area contributed by atoms with Crippen LogP contribution < -0.4 is 10.6 Å². The van der Waals surface area contributed by atoms with Crippen molar-refractivity contribution in [3.05, 3.63) is 28.2 Å². The monoisotopic (exact) mass is 333 g/mol. The van der Waals surface area contributed by atoms with Crippen LogP contribution in [0.4, 0.5) is 5.95 Å². The van der Waals surface area contributed by atoms with Gasteiger partial charge in [0.15, 0.2) is 5.82 Å². The van der Waals surface area contributed by atoms with Gasteiger partial charge in [0.05, 0.1) is 0 Å². The Kier molecular flexibility index (Phi) is 5.40. The molecule has 6 nitrogen and oxygen atoms in total. The number of rotatable bonds is 6. The normalized spacial score (nSPS) is 15.7. The van der Waals surface area contributed by atoms with Crippen LogP contribution in [0, 0.1) is 0 Å². The summed E-state index contributed by atoms with van der Waals surface area (Å²) in [4.78, 5) is 17.9. The lowest BCUT2D eigenvalue weighted by molar-refractivity contribution is -0.116. The molecule has 1 amide bonds. The second kappa shape index (κ2) is 7.70. The second-order valence-electron chi connectivity index (χ2n) is 5.92. The number of aryl methyl sites for hydroxylation is 2. The Balaban J connectivity index is 1.50. The van der Waals surface area contributed by atoms with Gasteiger partial charge in [-0.25, -0.2) is 4.68 Å². The van der Waals surface area contributed by atoms with E-state index in [0.29, 0.717) is 18.3 Å². The van der Waals surface area contributed by atoms with Crippen LogP contribution in [0.15, 0.2) is 17.5 Å². The van der Waals surface area contributed by atoms with Crippen LogP contribution >= 0.6 is 11.3 Å². The first-order valence-corrected chi connectivity index (χ1v) is 9.04. The standard InChI is InChI=1S/C16H23N5OS/c1-21-16(19-15(20-21)12-7-9-17-10-8-12)18-14(22)6-2-4-13-5-3-11-23-13/h3,5,11-12,17H,2,4,6-10H2,1H3,(H,18,19,20,22). The van der Waals surface area contributed by atoms with Crippen molar-refractivity contribution in [1.82, 2.24) is 20.1 Å². The Labute approximate surface area is 140 Å². The highest BCUT2D eigenvalue weighted by molar-refractivity contribution is 7.09. The molecule has 0 aromatic carbocycles. The van der Waals surface area contributed by atoms with Gasteiger partial charge in [0, 0.05) is 24.3 Å². The van der Waals surface area contributed by atoms with E-state index in [1.807, 2.05) is 13.1 Å². The van der Waals surface area contributed by atoms with Crippen LogP contribution in [0.1, 0.15) is 42.3 Å². The first-order chi connectivity index (χ1) is 11.2. The highest BCUT2D eigenvalue weighted by atomic mass is 32.1. The van der Waals surface area contributed by atoms with Crippen LogP contribution in [0.3, 0.4) is 0 Å². The molecule has 124 valence electrons. The van der Waals surface area contributed by atoms with Crippen molar-refractivity contribution in [2.24, 2.45) is 7.05 Å². The van der Waals surface area contributed by atoms with Gasteiger partial charge in [0.2, 0.25) is 11.9 Å². The summed E-state index contributed by atoms with van der Waals surface area (Å²) < 4.78 is 1.68. The molecule has 0 unspecified atom stereocenters. The Morgan fingerprint density at radius 3 is 3.04 bits per heavy atom. The minimum Gasteiger partial charge on any atom is -0.317 e. The summed E-state index contributed by atoms with van der Waals surface area (Å²) >= 11 is 1.74. The van der Waals surface area contributed by atoms with Crippen LogP contribution in [0.5, 0.6) is 0 Å². The van der Waals surface area contributed by atoms with Gasteiger partial charge >= 0.3 is 0 Å². The lowest BCUT2D eigenvalue weighted by atomic mass is 9.98. The van der Waals surface area contributed by atoms with Crippen molar-refractivity contribution < 1.29 is 4.79 Å². The number of anilines is 1. The number of carbonyl (C=O) groups is 1. The number of nitrogens with zero attached hydrogens (tertiary/aromatic N) is 3. The van der Waals surface area contributed by atoms with E-state index in [-0.39, 0.29) is 5.91 Å². The van der Waals surface area contributed by atoms with E-state index < -0.39 is 0 Å². The molecular weight excluding hydrogens is 310 g/mol. The van der Waals surface area contributed by atoms with E-state index in [1.165, 1.54) is 4.88 Å². The van der Waals surface area contributed by atoms with Crippen molar-refractivity contribution >= 4 is 23.2 Å². The van der Waals surface area contributed by atoms with Gasteiger partial charge in [0.25, 0.3) is 0 Å². The summed E-state index contributed by atoms with van der Waals surface area (Å²) in [5, 5.41) is 12.8. The number of hydrogen-bond acceptors (Lipinski definition) is 5. The molecule has 1 fully saturated rings. The van der Waals surface area contributed by atoms with Crippen LogP contribution in [0.2, 0.25) is 0 Å². The van der Waals surface area contributed by atoms with E-state index in [2.05, 4.69) is 32.2 Å². The zero-order chi connectivity index (χ0) is 16.1. The highest BCUT2D eigenvalue weighted by Crippen LogP contribution is 2.23. The molecule has 1 saturated heterocycles. The average Bonchev–Trinajstić information content (AvgIpc) is 3.19. The van der Waals surface area contributed by atoms with Crippen molar-refractivity contribution in [2.45, 2.75) is 38.0 Å². The van der Waals surface area contributed by atoms with E-state index in [1.54, 1.807) is 16.0 Å². The van der Waals surface area contributed by atoms with Crippen LogP contribution in [-0.4, -0.2) is 33.8 Å². The Morgan fingerprint density at radius 2 is 2.30 bits per heavy atom. The molecular formula is C16H23N5OS. The van der Waals surface area contributed by atoms with Crippen molar-refractivity contribution in [2.75, 3.05) is 18.4 Å². The molecule has 2 N–H and O–H groups in total. The van der Waals surface area contributed by atoms with E-state index in [4.69, 9.17) is 0 Å². The number of carbonyl (C=O) groups excluding carboxylic acids is 1. The summed E-state index contributed by atoms with van der Waals surface area (Å²) in [6, 6.07) is 4.15. The maximum Gasteiger partial charge on any atom is 0.227 e. The largest absolute Gasteiger partial charge is 0.317 e. The Morgan fingerprint density at radius 1 is 1.48 bits per heavy atom. The van der Waals surface area contributed by atoms with E-state index >= 15 is 0 Å². The van der Waals surface area contributed by atoms with Crippen molar-refractivity contribution in [1.29, 1.82) is 0 Å². The fraction of sp³-hybridized carbons (Fsp3) is 0.562. The third-order valence-corrected chi connectivity index (χ3v) is 5.08. The minimum atomic E-state index is 0.00826. The Hall–Kier alpha value is -1.73. The molecule has 3 rings (SSSR count).